The van der Waals surface area contributed by atoms with Gasteiger partial charge in [-0.1, -0.05) is 0 Å². The molecule has 4 atom stereocenters. The van der Waals surface area contributed by atoms with Crippen molar-refractivity contribution in [1.82, 2.24) is 8.61 Å². The predicted molar refractivity (Wildman–Crippen MR) is 75.7 cm³/mol. The van der Waals surface area contributed by atoms with Gasteiger partial charge in [0.25, 0.3) is 10.2 Å². The number of carboxylic acids is 1. The fourth-order valence-electron chi connectivity index (χ4n) is 2.61. The van der Waals surface area contributed by atoms with E-state index in [2.05, 4.69) is 0 Å². The minimum atomic E-state index is -3.79. The van der Waals surface area contributed by atoms with Crippen molar-refractivity contribution < 1.29 is 23.1 Å². The van der Waals surface area contributed by atoms with Gasteiger partial charge in [0, 0.05) is 18.8 Å². The molecule has 0 aromatic carbocycles. The third-order valence-corrected chi connectivity index (χ3v) is 6.83. The molecule has 0 aromatic rings. The fourth-order valence-corrected chi connectivity index (χ4v) is 6.20. The molecule has 0 aliphatic carbocycles. The first-order valence-corrected chi connectivity index (χ1v) is 8.96. The lowest BCUT2D eigenvalue weighted by Gasteiger charge is -2.38. The van der Waals surface area contributed by atoms with Crippen LogP contribution in [0.4, 0.5) is 0 Å². The van der Waals surface area contributed by atoms with E-state index in [4.69, 9.17) is 4.74 Å². The summed E-state index contributed by atoms with van der Waals surface area (Å²) in [6, 6.07) is -0.992. The van der Waals surface area contributed by atoms with E-state index in [0.717, 1.165) is 4.31 Å². The third-order valence-electron chi connectivity index (χ3n) is 3.42. The summed E-state index contributed by atoms with van der Waals surface area (Å²) >= 11 is 1.34. The van der Waals surface area contributed by atoms with Crippen LogP contribution in [0.15, 0.2) is 0 Å². The van der Waals surface area contributed by atoms with Gasteiger partial charge in [0.1, 0.15) is 6.04 Å². The van der Waals surface area contributed by atoms with E-state index in [-0.39, 0.29) is 36.4 Å². The van der Waals surface area contributed by atoms with Crippen molar-refractivity contribution in [2.75, 3.05) is 18.8 Å². The van der Waals surface area contributed by atoms with Crippen LogP contribution in [0.5, 0.6) is 0 Å². The molecule has 20 heavy (non-hydrogen) atoms. The zero-order chi connectivity index (χ0) is 15.1. The molecular formula is C11H20N2O5S2. The summed E-state index contributed by atoms with van der Waals surface area (Å²) in [6.07, 6.45) is -0.385. The maximum Gasteiger partial charge on any atom is 0.322 e. The SMILES string of the molecule is CC1CN(S(=O)(=O)N2C(C)SCC2C(=O)O)CC(C)O1. The number of morpholine rings is 1. The Bertz CT molecular complexity index is 473. The maximum absolute atomic E-state index is 12.7. The van der Waals surface area contributed by atoms with Crippen molar-refractivity contribution in [3.63, 3.8) is 0 Å². The quantitative estimate of drug-likeness (QED) is 0.797. The number of aliphatic carboxylic acids is 1. The Morgan fingerprint density at radius 1 is 1.25 bits per heavy atom. The van der Waals surface area contributed by atoms with Crippen LogP contribution in [-0.4, -0.2) is 70.6 Å². The molecule has 0 amide bonds. The van der Waals surface area contributed by atoms with Gasteiger partial charge in [-0.3, -0.25) is 4.79 Å². The van der Waals surface area contributed by atoms with E-state index in [1.807, 2.05) is 13.8 Å². The Kier molecular flexibility index (Phi) is 4.65. The minimum absolute atomic E-state index is 0.192. The number of carboxylic acid groups (broad SMARTS) is 1. The number of nitrogens with zero attached hydrogens (tertiary/aromatic N) is 2. The molecule has 2 aliphatic rings. The van der Waals surface area contributed by atoms with Crippen LogP contribution in [-0.2, 0) is 19.7 Å². The van der Waals surface area contributed by atoms with Gasteiger partial charge in [0.05, 0.1) is 17.6 Å². The van der Waals surface area contributed by atoms with Crippen LogP contribution in [0, 0.1) is 0 Å². The van der Waals surface area contributed by atoms with E-state index in [1.54, 1.807) is 6.92 Å². The number of rotatable bonds is 3. The molecule has 0 bridgehead atoms. The van der Waals surface area contributed by atoms with E-state index in [9.17, 15) is 18.3 Å². The third kappa shape index (κ3) is 2.96. The first-order chi connectivity index (χ1) is 9.23. The highest BCUT2D eigenvalue weighted by Crippen LogP contribution is 2.33. The molecule has 116 valence electrons. The highest BCUT2D eigenvalue weighted by Gasteiger charge is 2.47. The second-order valence-electron chi connectivity index (χ2n) is 5.20. The van der Waals surface area contributed by atoms with Crippen molar-refractivity contribution in [2.24, 2.45) is 0 Å². The predicted octanol–water partition coefficient (Wildman–Crippen LogP) is 0.188. The summed E-state index contributed by atoms with van der Waals surface area (Å²) in [7, 11) is -3.79. The molecule has 0 aromatic heterocycles. The molecule has 1 N–H and O–H groups in total. The first-order valence-electron chi connectivity index (χ1n) is 6.52. The molecule has 2 saturated heterocycles. The highest BCUT2D eigenvalue weighted by atomic mass is 32.2. The second kappa shape index (κ2) is 5.80. The number of ether oxygens (including phenoxy) is 1. The van der Waals surface area contributed by atoms with Gasteiger partial charge in [-0.2, -0.15) is 17.0 Å². The normalized spacial score (nSPS) is 37.1. The second-order valence-corrected chi connectivity index (χ2v) is 8.38. The smallest absolute Gasteiger partial charge is 0.322 e. The lowest BCUT2D eigenvalue weighted by atomic mass is 10.3. The van der Waals surface area contributed by atoms with Crippen LogP contribution >= 0.6 is 11.8 Å². The lowest BCUT2D eigenvalue weighted by molar-refractivity contribution is -0.140. The van der Waals surface area contributed by atoms with E-state index >= 15 is 0 Å². The Labute approximate surface area is 123 Å². The molecule has 2 rings (SSSR count). The number of hydrogen-bond donors (Lipinski definition) is 1. The number of hydrogen-bond acceptors (Lipinski definition) is 5. The van der Waals surface area contributed by atoms with Gasteiger partial charge in [-0.05, 0) is 20.8 Å². The van der Waals surface area contributed by atoms with E-state index < -0.39 is 22.2 Å². The topological polar surface area (TPSA) is 87.2 Å². The fraction of sp³-hybridized carbons (Fsp3) is 0.909. The molecule has 0 spiro atoms. The van der Waals surface area contributed by atoms with Crippen LogP contribution in [0.25, 0.3) is 0 Å². The number of thioether (sulfide) groups is 1. The zero-order valence-electron chi connectivity index (χ0n) is 11.7. The van der Waals surface area contributed by atoms with E-state index in [0.29, 0.717) is 0 Å². The van der Waals surface area contributed by atoms with Gasteiger partial charge in [0.2, 0.25) is 0 Å². The summed E-state index contributed by atoms with van der Waals surface area (Å²) < 4.78 is 33.4. The molecule has 2 aliphatic heterocycles. The Morgan fingerprint density at radius 2 is 1.80 bits per heavy atom. The summed E-state index contributed by atoms with van der Waals surface area (Å²) in [4.78, 5) is 11.3. The van der Waals surface area contributed by atoms with Gasteiger partial charge >= 0.3 is 5.97 Å². The first kappa shape index (κ1) is 16.0. The summed E-state index contributed by atoms with van der Waals surface area (Å²) in [6.45, 7) is 5.86. The molecular weight excluding hydrogens is 304 g/mol. The lowest BCUT2D eigenvalue weighted by Crippen LogP contribution is -2.56. The van der Waals surface area contributed by atoms with E-state index in [1.165, 1.54) is 16.1 Å². The molecule has 7 nitrogen and oxygen atoms in total. The Morgan fingerprint density at radius 3 is 2.30 bits per heavy atom. The Balaban J connectivity index is 2.26. The summed E-state index contributed by atoms with van der Waals surface area (Å²) in [5.41, 5.74) is 0. The highest BCUT2D eigenvalue weighted by molar-refractivity contribution is 8.01. The standard InChI is InChI=1S/C11H20N2O5S2/c1-7-4-12(5-8(2)18-7)20(16,17)13-9(3)19-6-10(13)11(14)15/h7-10H,4-6H2,1-3H3,(H,14,15). The van der Waals surface area contributed by atoms with Crippen LogP contribution in [0.1, 0.15) is 20.8 Å². The molecule has 2 heterocycles. The molecule has 0 radical (unpaired) electrons. The molecule has 4 unspecified atom stereocenters. The van der Waals surface area contributed by atoms with Gasteiger partial charge < -0.3 is 9.84 Å². The Hall–Kier alpha value is -0.350. The van der Waals surface area contributed by atoms with Gasteiger partial charge in [0.15, 0.2) is 0 Å². The van der Waals surface area contributed by atoms with Crippen LogP contribution in [0.3, 0.4) is 0 Å². The summed E-state index contributed by atoms with van der Waals surface area (Å²) in [5, 5.41) is 8.84. The van der Waals surface area contributed by atoms with Crippen LogP contribution < -0.4 is 0 Å². The van der Waals surface area contributed by atoms with Crippen molar-refractivity contribution in [1.29, 1.82) is 0 Å². The van der Waals surface area contributed by atoms with Crippen LogP contribution in [0.2, 0.25) is 0 Å². The monoisotopic (exact) mass is 324 g/mol. The molecule has 9 heteroatoms. The van der Waals surface area contributed by atoms with Gasteiger partial charge in [-0.15, -0.1) is 11.8 Å². The minimum Gasteiger partial charge on any atom is -0.480 e. The molecule has 2 fully saturated rings. The van der Waals surface area contributed by atoms with Crippen molar-refractivity contribution in [2.45, 2.75) is 44.4 Å². The largest absolute Gasteiger partial charge is 0.480 e. The summed E-state index contributed by atoms with van der Waals surface area (Å²) in [5.74, 6) is -0.815. The van der Waals surface area contributed by atoms with Crippen molar-refractivity contribution >= 4 is 27.9 Å². The average molecular weight is 324 g/mol. The van der Waals surface area contributed by atoms with Crippen molar-refractivity contribution in [3.8, 4) is 0 Å². The molecule has 0 saturated carbocycles. The average Bonchev–Trinajstić information content (AvgIpc) is 2.70. The zero-order valence-corrected chi connectivity index (χ0v) is 13.4. The number of carbonyl (C=O) groups is 1. The maximum atomic E-state index is 12.7. The van der Waals surface area contributed by atoms with Gasteiger partial charge in [-0.25, -0.2) is 0 Å². The van der Waals surface area contributed by atoms with Crippen molar-refractivity contribution in [3.05, 3.63) is 0 Å².